The highest BCUT2D eigenvalue weighted by Crippen LogP contribution is 2.49. The normalized spacial score (nSPS) is 19.4. The average Bonchev–Trinajstić information content (AvgIpc) is 3.25. The van der Waals surface area contributed by atoms with Gasteiger partial charge in [-0.25, -0.2) is 0 Å². The van der Waals surface area contributed by atoms with Gasteiger partial charge in [0.2, 0.25) is 6.71 Å². The van der Waals surface area contributed by atoms with Crippen molar-refractivity contribution in [3.8, 4) is 11.1 Å². The van der Waals surface area contributed by atoms with Gasteiger partial charge in [0.1, 0.15) is 0 Å². The molecule has 1 aliphatic heterocycles. The maximum atomic E-state index is 2.75. The minimum Gasteiger partial charge on any atom is -0.0646 e. The van der Waals surface area contributed by atoms with E-state index in [0.29, 0.717) is 0 Å². The molecule has 0 spiro atoms. The van der Waals surface area contributed by atoms with Crippen molar-refractivity contribution in [2.24, 2.45) is 0 Å². The predicted molar refractivity (Wildman–Crippen MR) is 283 cm³/mol. The van der Waals surface area contributed by atoms with Crippen LogP contribution < -0.4 is 16.4 Å². The molecule has 0 aromatic heterocycles. The summed E-state index contributed by atoms with van der Waals surface area (Å²) in [6, 6.07) is 44.1. The molecule has 0 fully saturated rings. The van der Waals surface area contributed by atoms with Crippen LogP contribution >= 0.6 is 0 Å². The Labute approximate surface area is 395 Å². The van der Waals surface area contributed by atoms with Gasteiger partial charge in [-0.1, -0.05) is 220 Å². The maximum absolute atomic E-state index is 2.75. The van der Waals surface area contributed by atoms with E-state index in [9.17, 15) is 0 Å². The van der Waals surface area contributed by atoms with Crippen LogP contribution in [-0.2, 0) is 33.5 Å². The lowest BCUT2D eigenvalue weighted by Gasteiger charge is -2.44. The largest absolute Gasteiger partial charge is 0.242 e. The Balaban J connectivity index is 1.30. The quantitative estimate of drug-likeness (QED) is 0.140. The Morgan fingerprint density at radius 3 is 1.82 bits per heavy atom. The molecule has 0 nitrogen and oxygen atoms in total. The van der Waals surface area contributed by atoms with Crippen molar-refractivity contribution < 1.29 is 0 Å². The van der Waals surface area contributed by atoms with Crippen molar-refractivity contribution in [3.63, 3.8) is 0 Å². The van der Waals surface area contributed by atoms with Crippen LogP contribution in [0.5, 0.6) is 0 Å². The van der Waals surface area contributed by atoms with Crippen molar-refractivity contribution in [2.75, 3.05) is 0 Å². The van der Waals surface area contributed by atoms with Gasteiger partial charge in [-0.3, -0.25) is 0 Å². The summed E-state index contributed by atoms with van der Waals surface area (Å²) >= 11 is 0. The van der Waals surface area contributed by atoms with Crippen LogP contribution in [0, 0.1) is 20.8 Å². The third-order valence-electron chi connectivity index (χ3n) is 17.2. The van der Waals surface area contributed by atoms with Crippen LogP contribution in [0.25, 0.3) is 11.1 Å². The minimum atomic E-state index is 0.0827. The molecule has 0 amide bonds. The molecule has 0 saturated heterocycles. The molecule has 1 heteroatoms. The van der Waals surface area contributed by atoms with E-state index in [2.05, 4.69) is 213 Å². The van der Waals surface area contributed by atoms with Gasteiger partial charge in [0.15, 0.2) is 0 Å². The van der Waals surface area contributed by atoms with E-state index in [1.165, 1.54) is 103 Å². The number of aryl methyl sites for hydroxylation is 4. The molecule has 0 bridgehead atoms. The highest BCUT2D eigenvalue weighted by Gasteiger charge is 2.44. The fraction of sp³-hybridized carbons (Fsp3) is 0.438. The van der Waals surface area contributed by atoms with Gasteiger partial charge in [0, 0.05) is 11.8 Å². The van der Waals surface area contributed by atoms with Crippen LogP contribution in [0.15, 0.2) is 109 Å². The Morgan fingerprint density at radius 1 is 0.554 bits per heavy atom. The summed E-state index contributed by atoms with van der Waals surface area (Å²) in [6.45, 7) is 36.6. The van der Waals surface area contributed by atoms with E-state index >= 15 is 0 Å². The molecule has 0 radical (unpaired) electrons. The van der Waals surface area contributed by atoms with Gasteiger partial charge in [0.25, 0.3) is 0 Å². The van der Waals surface area contributed by atoms with Gasteiger partial charge in [-0.05, 0) is 159 Å². The maximum Gasteiger partial charge on any atom is 0.242 e. The Morgan fingerprint density at radius 2 is 1.17 bits per heavy atom. The van der Waals surface area contributed by atoms with Gasteiger partial charge < -0.3 is 0 Å². The number of fused-ring (bicyclic) bond motifs is 4. The van der Waals surface area contributed by atoms with E-state index in [-0.39, 0.29) is 45.6 Å². The molecule has 6 aromatic carbocycles. The summed E-state index contributed by atoms with van der Waals surface area (Å²) in [7, 11) is 0. The molecule has 65 heavy (non-hydrogen) atoms. The molecule has 1 heterocycles. The monoisotopic (exact) mass is 857 g/mol. The average molecular weight is 857 g/mol. The zero-order valence-corrected chi connectivity index (χ0v) is 42.9. The second kappa shape index (κ2) is 16.0. The predicted octanol–water partition coefficient (Wildman–Crippen LogP) is 15.0. The van der Waals surface area contributed by atoms with Crippen LogP contribution in [0.3, 0.4) is 0 Å². The lowest BCUT2D eigenvalue weighted by molar-refractivity contribution is 0.331. The standard InChI is InChI=1S/C64H77B/c1-40-33-42(3)59-52(34-40)49(26-22-45-35-48(60(5,6)7)25-21-41(45)2)50-27-23-47(44-19-17-16-18-20-44)37-57(50)65(59)58-39-56-55(63(12,13)31-32-64(56,14)15)38-51(58)43(4)46-24-28-53-54(36-46)62(10,11)30-29-61(53,8)9/h16-21,23-25,27-28,33-39,43,49H,22,26,29-32H2,1-15H3. The zero-order chi connectivity index (χ0) is 46.6. The van der Waals surface area contributed by atoms with Crippen molar-refractivity contribution in [1.82, 2.24) is 0 Å². The lowest BCUT2D eigenvalue weighted by atomic mass is 9.30. The van der Waals surface area contributed by atoms with Crippen LogP contribution in [0.1, 0.15) is 199 Å². The summed E-state index contributed by atoms with van der Waals surface area (Å²) < 4.78 is 0. The van der Waals surface area contributed by atoms with Crippen LogP contribution in [0.2, 0.25) is 0 Å². The molecule has 6 aromatic rings. The van der Waals surface area contributed by atoms with E-state index in [4.69, 9.17) is 0 Å². The fourth-order valence-electron chi connectivity index (χ4n) is 12.6. The van der Waals surface area contributed by atoms with Gasteiger partial charge in [-0.2, -0.15) is 0 Å². The van der Waals surface area contributed by atoms with Crippen molar-refractivity contribution in [1.29, 1.82) is 0 Å². The Bertz CT molecular complexity index is 2800. The van der Waals surface area contributed by atoms with Crippen LogP contribution in [0.4, 0.5) is 0 Å². The first-order valence-corrected chi connectivity index (χ1v) is 25.2. The smallest absolute Gasteiger partial charge is 0.0646 e. The zero-order valence-electron chi connectivity index (χ0n) is 42.9. The summed E-state index contributed by atoms with van der Waals surface area (Å²) in [5, 5.41) is 0. The van der Waals surface area contributed by atoms with Crippen molar-refractivity contribution in [2.45, 2.75) is 181 Å². The molecule has 3 aliphatic rings. The first kappa shape index (κ1) is 45.5. The number of hydrogen-bond acceptors (Lipinski definition) is 0. The third-order valence-corrected chi connectivity index (χ3v) is 17.2. The summed E-state index contributed by atoms with van der Waals surface area (Å²) in [6.07, 6.45) is 6.98. The second-order valence-electron chi connectivity index (χ2n) is 24.8. The fourth-order valence-corrected chi connectivity index (χ4v) is 12.6. The number of benzene rings is 6. The van der Waals surface area contributed by atoms with Crippen molar-refractivity contribution in [3.05, 3.63) is 182 Å². The Kier molecular flexibility index (Phi) is 11.2. The van der Waals surface area contributed by atoms with E-state index in [1.54, 1.807) is 22.3 Å². The molecular weight excluding hydrogens is 780 g/mol. The highest BCUT2D eigenvalue weighted by atomic mass is 14.4. The van der Waals surface area contributed by atoms with E-state index in [1.807, 2.05) is 0 Å². The van der Waals surface area contributed by atoms with Crippen molar-refractivity contribution >= 4 is 23.1 Å². The highest BCUT2D eigenvalue weighted by molar-refractivity contribution is 6.97. The molecular formula is C64H77B. The van der Waals surface area contributed by atoms with E-state index in [0.717, 1.165) is 12.8 Å². The van der Waals surface area contributed by atoms with Gasteiger partial charge in [0.05, 0.1) is 0 Å². The lowest BCUT2D eigenvalue weighted by Crippen LogP contribution is -2.60. The second-order valence-corrected chi connectivity index (χ2v) is 24.8. The minimum absolute atomic E-state index is 0.0827. The summed E-state index contributed by atoms with van der Waals surface area (Å²) in [4.78, 5) is 0. The molecule has 2 atom stereocenters. The van der Waals surface area contributed by atoms with Crippen LogP contribution in [-0.4, -0.2) is 6.71 Å². The first-order chi connectivity index (χ1) is 30.5. The van der Waals surface area contributed by atoms with Gasteiger partial charge in [-0.15, -0.1) is 0 Å². The topological polar surface area (TPSA) is 0 Å². The number of hydrogen-bond donors (Lipinski definition) is 0. The molecule has 0 saturated carbocycles. The SMILES string of the molecule is Cc1cc(C)c2c(c1)C(CCc1cc(C(C)(C)C)ccc1C)c1ccc(-c3ccccc3)cc1B2c1cc2c(cc1C(C)c1ccc3c(c1)C(C)(C)CCC3(C)C)C(C)(C)CCC2(C)C. The first-order valence-electron chi connectivity index (χ1n) is 25.2. The molecule has 2 aliphatic carbocycles. The number of rotatable bonds is 7. The summed E-state index contributed by atoms with van der Waals surface area (Å²) in [5.74, 6) is 0.505. The van der Waals surface area contributed by atoms with Gasteiger partial charge >= 0.3 is 0 Å². The molecule has 336 valence electrons. The molecule has 0 N–H and O–H groups in total. The third kappa shape index (κ3) is 8.10. The molecule has 2 unspecified atom stereocenters. The van der Waals surface area contributed by atoms with E-state index < -0.39 is 0 Å². The Hall–Kier alpha value is -4.62. The molecule has 9 rings (SSSR count). The summed E-state index contributed by atoms with van der Waals surface area (Å²) in [5.41, 5.74) is 27.0.